The van der Waals surface area contributed by atoms with Gasteiger partial charge in [-0.25, -0.2) is 9.82 Å². The minimum atomic E-state index is -4.65. The summed E-state index contributed by atoms with van der Waals surface area (Å²) in [5, 5.41) is 23.2. The van der Waals surface area contributed by atoms with Crippen LogP contribution in [0.3, 0.4) is 0 Å². The number of hydrogen-bond acceptors (Lipinski definition) is 4. The zero-order chi connectivity index (χ0) is 25.2. The Balaban J connectivity index is 1.55. The zero-order valence-corrected chi connectivity index (χ0v) is 17.8. The Bertz CT molecular complexity index is 1500. The summed E-state index contributed by atoms with van der Waals surface area (Å²) in [6.45, 7) is 0.0176. The SMILES string of the molecule is N#Cc1cc(C(=O)NN=Cc2cccc3c2ccn3Cc2cc(F)cc(C(F)(F)F)c2)ccc1O. The van der Waals surface area contributed by atoms with Crippen LogP contribution in [0.2, 0.25) is 0 Å². The lowest BCUT2D eigenvalue weighted by molar-refractivity contribution is -0.137. The summed E-state index contributed by atoms with van der Waals surface area (Å²) in [6, 6.07) is 15.0. The molecule has 4 rings (SSSR count). The van der Waals surface area contributed by atoms with Gasteiger partial charge in [0, 0.05) is 34.8 Å². The van der Waals surface area contributed by atoms with E-state index in [4.69, 9.17) is 5.26 Å². The van der Waals surface area contributed by atoms with E-state index in [1.54, 1.807) is 41.1 Å². The Kier molecular flexibility index (Phi) is 6.25. The van der Waals surface area contributed by atoms with Crippen molar-refractivity contribution in [2.24, 2.45) is 5.10 Å². The first kappa shape index (κ1) is 23.5. The van der Waals surface area contributed by atoms with Crippen molar-refractivity contribution in [1.29, 1.82) is 5.26 Å². The molecule has 1 aromatic heterocycles. The molecular weight excluding hydrogens is 464 g/mol. The zero-order valence-electron chi connectivity index (χ0n) is 17.8. The number of nitrogens with one attached hydrogen (secondary N) is 1. The van der Waals surface area contributed by atoms with Crippen LogP contribution in [0.1, 0.15) is 32.6 Å². The average Bonchev–Trinajstić information content (AvgIpc) is 3.22. The van der Waals surface area contributed by atoms with Gasteiger partial charge in [0.1, 0.15) is 17.6 Å². The average molecular weight is 480 g/mol. The Morgan fingerprint density at radius 2 is 1.94 bits per heavy atom. The largest absolute Gasteiger partial charge is 0.507 e. The highest BCUT2D eigenvalue weighted by Gasteiger charge is 2.31. The van der Waals surface area contributed by atoms with Crippen molar-refractivity contribution in [3.05, 3.63) is 100 Å². The van der Waals surface area contributed by atoms with Crippen LogP contribution in [0.15, 0.2) is 72.0 Å². The van der Waals surface area contributed by atoms with Crippen LogP contribution in [0, 0.1) is 17.1 Å². The van der Waals surface area contributed by atoms with Gasteiger partial charge in [0.15, 0.2) is 0 Å². The fourth-order valence-electron chi connectivity index (χ4n) is 3.59. The molecule has 0 atom stereocenters. The quantitative estimate of drug-likeness (QED) is 0.234. The minimum absolute atomic E-state index is 0.0176. The van der Waals surface area contributed by atoms with E-state index >= 15 is 0 Å². The molecule has 3 aromatic carbocycles. The third-order valence-corrected chi connectivity index (χ3v) is 5.23. The van der Waals surface area contributed by atoms with Crippen LogP contribution >= 0.6 is 0 Å². The Morgan fingerprint density at radius 1 is 1.14 bits per heavy atom. The summed E-state index contributed by atoms with van der Waals surface area (Å²) < 4.78 is 54.5. The second-order valence-corrected chi connectivity index (χ2v) is 7.61. The predicted molar refractivity (Wildman–Crippen MR) is 120 cm³/mol. The van der Waals surface area contributed by atoms with Crippen molar-refractivity contribution < 1.29 is 27.5 Å². The van der Waals surface area contributed by atoms with Crippen molar-refractivity contribution in [2.45, 2.75) is 12.7 Å². The summed E-state index contributed by atoms with van der Waals surface area (Å²) in [5.41, 5.74) is 2.83. The van der Waals surface area contributed by atoms with Crippen LogP contribution in [0.4, 0.5) is 17.6 Å². The number of phenolic OH excluding ortho intramolecular Hbond substituents is 1. The molecular formula is C25H16F4N4O2. The predicted octanol–water partition coefficient (Wildman–Crippen LogP) is 5.19. The van der Waals surface area contributed by atoms with Crippen LogP contribution in [0.5, 0.6) is 5.75 Å². The van der Waals surface area contributed by atoms with E-state index in [0.29, 0.717) is 22.5 Å². The lowest BCUT2D eigenvalue weighted by Gasteiger charge is -2.11. The molecule has 0 bridgehead atoms. The summed E-state index contributed by atoms with van der Waals surface area (Å²) in [4.78, 5) is 12.3. The summed E-state index contributed by atoms with van der Waals surface area (Å²) in [5.74, 6) is -1.80. The maximum Gasteiger partial charge on any atom is 0.416 e. The molecule has 0 fully saturated rings. The molecule has 0 aliphatic rings. The standard InChI is InChI=1S/C25H16F4N4O2/c26-20-9-15(8-19(11-20)25(27,28)29)14-33-7-6-21-17(2-1-3-22(21)33)13-31-32-24(35)16-4-5-23(34)18(10-16)12-30/h1-11,13,34H,14H2,(H,32,35). The van der Waals surface area contributed by atoms with Crippen LogP contribution < -0.4 is 5.43 Å². The monoisotopic (exact) mass is 480 g/mol. The van der Waals surface area contributed by atoms with E-state index in [2.05, 4.69) is 10.5 Å². The Hall–Kier alpha value is -4.65. The van der Waals surface area contributed by atoms with Gasteiger partial charge in [-0.2, -0.15) is 23.5 Å². The first-order valence-corrected chi connectivity index (χ1v) is 10.2. The number of rotatable bonds is 5. The fraction of sp³-hybridized carbons (Fsp3) is 0.0800. The van der Waals surface area contributed by atoms with E-state index in [1.807, 2.05) is 0 Å². The third kappa shape index (κ3) is 5.14. The molecule has 0 saturated heterocycles. The highest BCUT2D eigenvalue weighted by atomic mass is 19.4. The molecule has 1 amide bonds. The highest BCUT2D eigenvalue weighted by molar-refractivity contribution is 6.00. The van der Waals surface area contributed by atoms with Crippen molar-refractivity contribution in [3.8, 4) is 11.8 Å². The van der Waals surface area contributed by atoms with Gasteiger partial charge in [-0.3, -0.25) is 4.79 Å². The van der Waals surface area contributed by atoms with Crippen molar-refractivity contribution in [3.63, 3.8) is 0 Å². The van der Waals surface area contributed by atoms with Gasteiger partial charge in [0.05, 0.1) is 17.3 Å². The van der Waals surface area contributed by atoms with Crippen molar-refractivity contribution >= 4 is 23.0 Å². The fourth-order valence-corrected chi connectivity index (χ4v) is 3.59. The lowest BCUT2D eigenvalue weighted by atomic mass is 10.1. The molecule has 0 aliphatic heterocycles. The Labute approximate surface area is 196 Å². The molecule has 0 aliphatic carbocycles. The van der Waals surface area contributed by atoms with Gasteiger partial charge in [0.2, 0.25) is 0 Å². The van der Waals surface area contributed by atoms with Crippen LogP contribution in [-0.2, 0) is 12.7 Å². The van der Waals surface area contributed by atoms with Crippen LogP contribution in [-0.4, -0.2) is 21.8 Å². The van der Waals surface area contributed by atoms with E-state index in [0.717, 1.165) is 12.1 Å². The normalized spacial score (nSPS) is 11.6. The number of benzene rings is 3. The smallest absolute Gasteiger partial charge is 0.416 e. The number of halogens is 4. The maximum absolute atomic E-state index is 13.8. The number of phenols is 1. The third-order valence-electron chi connectivity index (χ3n) is 5.23. The number of nitriles is 1. The number of carbonyl (C=O) groups excluding carboxylic acids is 1. The number of aromatic nitrogens is 1. The van der Waals surface area contributed by atoms with Gasteiger partial charge in [-0.15, -0.1) is 0 Å². The molecule has 0 saturated carbocycles. The van der Waals surface area contributed by atoms with Gasteiger partial charge < -0.3 is 9.67 Å². The summed E-state index contributed by atoms with van der Waals surface area (Å²) in [7, 11) is 0. The van der Waals surface area contributed by atoms with Gasteiger partial charge in [-0.05, 0) is 54.1 Å². The molecule has 6 nitrogen and oxygen atoms in total. The van der Waals surface area contributed by atoms with Crippen LogP contribution in [0.25, 0.3) is 10.9 Å². The number of aromatic hydroxyl groups is 1. The second-order valence-electron chi connectivity index (χ2n) is 7.61. The molecule has 176 valence electrons. The highest BCUT2D eigenvalue weighted by Crippen LogP contribution is 2.31. The van der Waals surface area contributed by atoms with Gasteiger partial charge >= 0.3 is 6.18 Å². The lowest BCUT2D eigenvalue weighted by Crippen LogP contribution is -2.17. The number of nitrogens with zero attached hydrogens (tertiary/aromatic N) is 3. The molecule has 2 N–H and O–H groups in total. The van der Waals surface area contributed by atoms with E-state index < -0.39 is 23.5 Å². The topological polar surface area (TPSA) is 90.4 Å². The first-order chi connectivity index (χ1) is 16.7. The number of hydrogen-bond donors (Lipinski definition) is 2. The number of alkyl halides is 3. The second kappa shape index (κ2) is 9.30. The molecule has 35 heavy (non-hydrogen) atoms. The van der Waals surface area contributed by atoms with E-state index in [-0.39, 0.29) is 29.0 Å². The molecule has 0 spiro atoms. The molecule has 1 heterocycles. The number of carbonyl (C=O) groups is 1. The molecule has 0 radical (unpaired) electrons. The maximum atomic E-state index is 13.8. The first-order valence-electron chi connectivity index (χ1n) is 10.2. The minimum Gasteiger partial charge on any atom is -0.507 e. The van der Waals surface area contributed by atoms with Gasteiger partial charge in [-0.1, -0.05) is 12.1 Å². The van der Waals surface area contributed by atoms with Crippen molar-refractivity contribution in [1.82, 2.24) is 9.99 Å². The summed E-state index contributed by atoms with van der Waals surface area (Å²) in [6.07, 6.45) is -1.58. The number of fused-ring (bicyclic) bond motifs is 1. The van der Waals surface area contributed by atoms with Crippen molar-refractivity contribution in [2.75, 3.05) is 0 Å². The van der Waals surface area contributed by atoms with E-state index in [9.17, 15) is 27.5 Å². The van der Waals surface area contributed by atoms with Gasteiger partial charge in [0.25, 0.3) is 5.91 Å². The number of hydrazone groups is 1. The van der Waals surface area contributed by atoms with E-state index in [1.165, 1.54) is 24.4 Å². The molecule has 10 heteroatoms. The molecule has 4 aromatic rings. The number of amides is 1. The summed E-state index contributed by atoms with van der Waals surface area (Å²) >= 11 is 0. The Morgan fingerprint density at radius 3 is 2.69 bits per heavy atom. The molecule has 0 unspecified atom stereocenters.